The number of fused-ring (bicyclic) bond motifs is 1. The van der Waals surface area contributed by atoms with Gasteiger partial charge in [0, 0.05) is 47.9 Å². The number of nitrogens with one attached hydrogen (secondary N) is 1. The molecule has 5 rings (SSSR count). The van der Waals surface area contributed by atoms with E-state index in [1.165, 1.54) is 12.8 Å². The summed E-state index contributed by atoms with van der Waals surface area (Å²) in [4.78, 5) is 30.7. The Labute approximate surface area is 182 Å². The van der Waals surface area contributed by atoms with Crippen LogP contribution in [-0.4, -0.2) is 59.0 Å². The first-order valence-electron chi connectivity index (χ1n) is 11.1. The average molecular weight is 417 g/mol. The van der Waals surface area contributed by atoms with E-state index in [0.717, 1.165) is 66.7 Å². The molecule has 2 aliphatic rings. The predicted octanol–water partition coefficient (Wildman–Crippen LogP) is 3.57. The van der Waals surface area contributed by atoms with Crippen LogP contribution in [0.2, 0.25) is 0 Å². The van der Waals surface area contributed by atoms with E-state index in [-0.39, 0.29) is 11.8 Å². The van der Waals surface area contributed by atoms with Crippen LogP contribution in [-0.2, 0) is 4.79 Å². The first-order chi connectivity index (χ1) is 15.2. The van der Waals surface area contributed by atoms with Crippen molar-refractivity contribution in [2.24, 2.45) is 5.92 Å². The molecule has 3 aromatic rings. The number of amides is 1. The molecule has 0 aromatic carbocycles. The van der Waals surface area contributed by atoms with Gasteiger partial charge >= 0.3 is 0 Å². The van der Waals surface area contributed by atoms with Gasteiger partial charge in [-0.1, -0.05) is 0 Å². The first kappa shape index (κ1) is 19.9. The summed E-state index contributed by atoms with van der Waals surface area (Å²) < 4.78 is 0. The summed E-state index contributed by atoms with van der Waals surface area (Å²) in [5, 5.41) is 3.96. The molecule has 0 unspecified atom stereocenters. The van der Waals surface area contributed by atoms with Crippen molar-refractivity contribution in [2.45, 2.75) is 25.7 Å². The summed E-state index contributed by atoms with van der Waals surface area (Å²) in [5.41, 5.74) is 4.04. The number of piperidine rings is 1. The molecule has 3 aromatic heterocycles. The summed E-state index contributed by atoms with van der Waals surface area (Å²) in [6.45, 7) is 4.10. The van der Waals surface area contributed by atoms with Gasteiger partial charge in [-0.15, -0.1) is 0 Å². The third kappa shape index (κ3) is 4.37. The maximum absolute atomic E-state index is 12.7. The second-order valence-corrected chi connectivity index (χ2v) is 8.68. The summed E-state index contributed by atoms with van der Waals surface area (Å²) in [6, 6.07) is 6.20. The van der Waals surface area contributed by atoms with Gasteiger partial charge in [0.1, 0.15) is 5.82 Å². The Bertz CT molecular complexity index is 1090. The first-order valence-corrected chi connectivity index (χ1v) is 11.1. The number of likely N-dealkylation sites (tertiary alicyclic amines) is 1. The second kappa shape index (κ2) is 8.59. The minimum atomic E-state index is 0.0533. The van der Waals surface area contributed by atoms with Crippen LogP contribution in [0.1, 0.15) is 25.7 Å². The third-order valence-electron chi connectivity index (χ3n) is 6.44. The maximum Gasteiger partial charge on any atom is 0.228 e. The Balaban J connectivity index is 1.37. The topological polar surface area (TPSA) is 74.2 Å². The van der Waals surface area contributed by atoms with Gasteiger partial charge in [0.25, 0.3) is 0 Å². The monoisotopic (exact) mass is 416 g/mol. The average Bonchev–Trinajstić information content (AvgIpc) is 3.34. The molecule has 0 atom stereocenters. The maximum atomic E-state index is 12.7. The van der Waals surface area contributed by atoms with Crippen LogP contribution >= 0.6 is 0 Å². The van der Waals surface area contributed by atoms with Gasteiger partial charge in [0.15, 0.2) is 0 Å². The highest BCUT2D eigenvalue weighted by molar-refractivity contribution is 5.94. The summed E-state index contributed by atoms with van der Waals surface area (Å²) in [5.74, 6) is 0.698. The van der Waals surface area contributed by atoms with Crippen molar-refractivity contribution in [2.75, 3.05) is 43.4 Å². The normalized spacial score (nSPS) is 17.9. The fourth-order valence-electron chi connectivity index (χ4n) is 4.49. The number of hydrogen-bond acceptors (Lipinski definition) is 6. The highest BCUT2D eigenvalue weighted by Crippen LogP contribution is 2.28. The quantitative estimate of drug-likeness (QED) is 0.701. The van der Waals surface area contributed by atoms with Gasteiger partial charge in [0.05, 0.1) is 23.6 Å². The lowest BCUT2D eigenvalue weighted by Crippen LogP contribution is -2.36. The van der Waals surface area contributed by atoms with Crippen molar-refractivity contribution in [3.05, 3.63) is 43.0 Å². The van der Waals surface area contributed by atoms with Gasteiger partial charge in [-0.3, -0.25) is 14.8 Å². The van der Waals surface area contributed by atoms with Gasteiger partial charge < -0.3 is 15.1 Å². The largest absolute Gasteiger partial charge is 0.370 e. The Morgan fingerprint density at radius 2 is 1.71 bits per heavy atom. The molecule has 0 aliphatic carbocycles. The lowest BCUT2D eigenvalue weighted by Gasteiger charge is -2.27. The van der Waals surface area contributed by atoms with E-state index >= 15 is 0 Å². The molecule has 1 N–H and O–H groups in total. The lowest BCUT2D eigenvalue weighted by molar-refractivity contribution is -0.121. The van der Waals surface area contributed by atoms with Gasteiger partial charge in [0.2, 0.25) is 5.91 Å². The van der Waals surface area contributed by atoms with Crippen molar-refractivity contribution in [1.82, 2.24) is 19.9 Å². The zero-order valence-electron chi connectivity index (χ0n) is 17.9. The minimum Gasteiger partial charge on any atom is -0.370 e. The highest BCUT2D eigenvalue weighted by Gasteiger charge is 2.23. The van der Waals surface area contributed by atoms with Crippen LogP contribution < -0.4 is 10.2 Å². The molecule has 0 spiro atoms. The molecule has 0 radical (unpaired) electrons. The molecule has 0 saturated carbocycles. The molecular weight excluding hydrogens is 388 g/mol. The Morgan fingerprint density at radius 3 is 2.52 bits per heavy atom. The third-order valence-corrected chi connectivity index (χ3v) is 6.44. The molecule has 160 valence electrons. The molecule has 2 fully saturated rings. The SMILES string of the molecule is CN1CCC(C(=O)Nc2cc3cc(-c4cncc(N5CCCC5)c4)cnc3cn2)CC1. The van der Waals surface area contributed by atoms with E-state index in [4.69, 9.17) is 0 Å². The fourth-order valence-corrected chi connectivity index (χ4v) is 4.49. The van der Waals surface area contributed by atoms with Crippen LogP contribution in [0.4, 0.5) is 11.5 Å². The van der Waals surface area contributed by atoms with Crippen LogP contribution in [0, 0.1) is 5.92 Å². The standard InChI is InChI=1S/C24H28N6O/c1-29-8-4-17(5-9-29)24(31)28-23-12-18-10-19(14-26-22(18)16-27-23)20-11-21(15-25-13-20)30-6-2-3-7-30/h10-17H,2-9H2,1H3,(H,27,28,31). The van der Waals surface area contributed by atoms with Crippen molar-refractivity contribution >= 4 is 28.3 Å². The number of anilines is 2. The van der Waals surface area contributed by atoms with Crippen LogP contribution in [0.3, 0.4) is 0 Å². The van der Waals surface area contributed by atoms with Crippen LogP contribution in [0.5, 0.6) is 0 Å². The Morgan fingerprint density at radius 1 is 0.935 bits per heavy atom. The lowest BCUT2D eigenvalue weighted by atomic mass is 9.96. The van der Waals surface area contributed by atoms with Gasteiger partial charge in [-0.05, 0) is 64.0 Å². The number of carbonyl (C=O) groups excluding carboxylic acids is 1. The molecule has 5 heterocycles. The molecule has 2 aliphatic heterocycles. The van der Waals surface area contributed by atoms with Crippen molar-refractivity contribution < 1.29 is 4.79 Å². The van der Waals surface area contributed by atoms with Crippen molar-refractivity contribution in [3.63, 3.8) is 0 Å². The highest BCUT2D eigenvalue weighted by atomic mass is 16.1. The molecule has 7 nitrogen and oxygen atoms in total. The Kier molecular flexibility index (Phi) is 5.51. The van der Waals surface area contributed by atoms with E-state index in [1.807, 2.05) is 24.7 Å². The number of hydrogen-bond donors (Lipinski definition) is 1. The number of aromatic nitrogens is 3. The summed E-state index contributed by atoms with van der Waals surface area (Å²) in [7, 11) is 2.10. The van der Waals surface area contributed by atoms with Crippen molar-refractivity contribution in [1.29, 1.82) is 0 Å². The number of rotatable bonds is 4. The van der Waals surface area contributed by atoms with E-state index in [2.05, 4.69) is 49.2 Å². The van der Waals surface area contributed by atoms with Crippen LogP contribution in [0.25, 0.3) is 22.0 Å². The molecule has 0 bridgehead atoms. The molecular formula is C24H28N6O. The van der Waals surface area contributed by atoms with Gasteiger partial charge in [-0.25, -0.2) is 4.98 Å². The summed E-state index contributed by atoms with van der Waals surface area (Å²) >= 11 is 0. The number of nitrogens with zero attached hydrogens (tertiary/aromatic N) is 5. The number of carbonyl (C=O) groups is 1. The van der Waals surface area contributed by atoms with Crippen molar-refractivity contribution in [3.8, 4) is 11.1 Å². The number of pyridine rings is 3. The molecule has 1 amide bonds. The van der Waals surface area contributed by atoms with E-state index in [0.29, 0.717) is 5.82 Å². The molecule has 2 saturated heterocycles. The van der Waals surface area contributed by atoms with E-state index < -0.39 is 0 Å². The summed E-state index contributed by atoms with van der Waals surface area (Å²) in [6.07, 6.45) is 11.7. The predicted molar refractivity (Wildman–Crippen MR) is 123 cm³/mol. The molecule has 7 heteroatoms. The minimum absolute atomic E-state index is 0.0533. The second-order valence-electron chi connectivity index (χ2n) is 8.68. The smallest absolute Gasteiger partial charge is 0.228 e. The van der Waals surface area contributed by atoms with Crippen LogP contribution in [0.15, 0.2) is 43.0 Å². The molecule has 31 heavy (non-hydrogen) atoms. The zero-order chi connectivity index (χ0) is 21.2. The Hall–Kier alpha value is -3.06. The zero-order valence-corrected chi connectivity index (χ0v) is 17.9. The fraction of sp³-hybridized carbons (Fsp3) is 0.417. The van der Waals surface area contributed by atoms with E-state index in [1.54, 1.807) is 6.20 Å². The van der Waals surface area contributed by atoms with E-state index in [9.17, 15) is 4.79 Å². The van der Waals surface area contributed by atoms with Gasteiger partial charge in [-0.2, -0.15) is 0 Å².